The van der Waals surface area contributed by atoms with Crippen LogP contribution in [-0.4, -0.2) is 17.3 Å². The molecule has 1 fully saturated rings. The molecule has 1 amide bonds. The first-order valence-electron chi connectivity index (χ1n) is 8.66. The summed E-state index contributed by atoms with van der Waals surface area (Å²) in [6.45, 7) is 0.435. The molecule has 1 saturated heterocycles. The molecule has 1 N–H and O–H groups in total. The lowest BCUT2D eigenvalue weighted by Gasteiger charge is -2.13. The molecule has 140 valence electrons. The number of carbonyl (C=O) groups is 1. The molecule has 4 rings (SSSR count). The summed E-state index contributed by atoms with van der Waals surface area (Å²) in [5, 5.41) is 4.97. The first-order chi connectivity index (χ1) is 13.6. The molecule has 6 heteroatoms. The predicted octanol–water partition coefficient (Wildman–Crippen LogP) is 4.92. The van der Waals surface area contributed by atoms with Crippen molar-refractivity contribution < 1.29 is 14.3 Å². The van der Waals surface area contributed by atoms with E-state index in [-0.39, 0.29) is 5.91 Å². The summed E-state index contributed by atoms with van der Waals surface area (Å²) in [7, 11) is 1.60. The quantitative estimate of drug-likeness (QED) is 0.481. The Morgan fingerprint density at radius 1 is 1.07 bits per heavy atom. The number of ether oxygens (including phenoxy) is 2. The van der Waals surface area contributed by atoms with Crippen LogP contribution in [0.3, 0.4) is 0 Å². The highest BCUT2D eigenvalue weighted by Crippen LogP contribution is 2.32. The van der Waals surface area contributed by atoms with E-state index in [4.69, 9.17) is 21.7 Å². The van der Waals surface area contributed by atoms with Gasteiger partial charge in [-0.25, -0.2) is 0 Å². The Morgan fingerprint density at radius 3 is 2.68 bits per heavy atom. The highest BCUT2D eigenvalue weighted by molar-refractivity contribution is 8.26. The van der Waals surface area contributed by atoms with E-state index in [1.54, 1.807) is 13.2 Å². The van der Waals surface area contributed by atoms with Gasteiger partial charge in [0.1, 0.15) is 10.9 Å². The van der Waals surface area contributed by atoms with Crippen molar-refractivity contribution in [1.29, 1.82) is 0 Å². The van der Waals surface area contributed by atoms with Crippen LogP contribution in [0.25, 0.3) is 16.8 Å². The van der Waals surface area contributed by atoms with Crippen LogP contribution in [0.4, 0.5) is 0 Å². The Balaban J connectivity index is 1.56. The highest BCUT2D eigenvalue weighted by Gasteiger charge is 2.22. The molecule has 4 nitrogen and oxygen atoms in total. The number of thiocarbonyl (C=S) groups is 1. The highest BCUT2D eigenvalue weighted by atomic mass is 32.2. The molecular weight excluding hydrogens is 390 g/mol. The summed E-state index contributed by atoms with van der Waals surface area (Å²) in [6.07, 6.45) is 1.79. The summed E-state index contributed by atoms with van der Waals surface area (Å²) in [4.78, 5) is 12.4. The van der Waals surface area contributed by atoms with Gasteiger partial charge < -0.3 is 14.8 Å². The average molecular weight is 408 g/mol. The molecule has 1 aliphatic rings. The average Bonchev–Trinajstić information content (AvgIpc) is 3.03. The van der Waals surface area contributed by atoms with Gasteiger partial charge in [0.05, 0.1) is 12.0 Å². The normalized spacial score (nSPS) is 15.1. The second kappa shape index (κ2) is 8.04. The third kappa shape index (κ3) is 3.88. The van der Waals surface area contributed by atoms with Gasteiger partial charge in [-0.15, -0.1) is 0 Å². The van der Waals surface area contributed by atoms with Crippen LogP contribution >= 0.6 is 24.0 Å². The van der Waals surface area contributed by atoms with Gasteiger partial charge in [0.2, 0.25) is 0 Å². The van der Waals surface area contributed by atoms with Crippen LogP contribution in [0.5, 0.6) is 11.5 Å². The number of thioether (sulfide) groups is 1. The van der Waals surface area contributed by atoms with Gasteiger partial charge in [0.15, 0.2) is 11.5 Å². The minimum atomic E-state index is -0.176. The van der Waals surface area contributed by atoms with Crippen molar-refractivity contribution in [1.82, 2.24) is 5.32 Å². The number of fused-ring (bicyclic) bond motifs is 1. The first kappa shape index (κ1) is 18.5. The number of methoxy groups -OCH3 is 1. The van der Waals surface area contributed by atoms with E-state index >= 15 is 0 Å². The number of benzene rings is 3. The Hall–Kier alpha value is -2.83. The van der Waals surface area contributed by atoms with Crippen LogP contribution in [0, 0.1) is 0 Å². The van der Waals surface area contributed by atoms with Gasteiger partial charge in [0, 0.05) is 0 Å². The van der Waals surface area contributed by atoms with Crippen molar-refractivity contribution in [3.05, 3.63) is 76.7 Å². The minimum Gasteiger partial charge on any atom is -0.493 e. The summed E-state index contributed by atoms with van der Waals surface area (Å²) in [5.41, 5.74) is 1.95. The van der Waals surface area contributed by atoms with Crippen molar-refractivity contribution in [3.63, 3.8) is 0 Å². The summed E-state index contributed by atoms with van der Waals surface area (Å²) in [5.74, 6) is 1.09. The smallest absolute Gasteiger partial charge is 0.263 e. The van der Waals surface area contributed by atoms with E-state index in [1.807, 2.05) is 36.4 Å². The predicted molar refractivity (Wildman–Crippen MR) is 118 cm³/mol. The number of hydrogen-bond donors (Lipinski definition) is 1. The van der Waals surface area contributed by atoms with Gasteiger partial charge in [0.25, 0.3) is 5.91 Å². The summed E-state index contributed by atoms with van der Waals surface area (Å²) in [6, 6.07) is 20.0. The largest absolute Gasteiger partial charge is 0.493 e. The molecular formula is C22H17NO3S2. The number of rotatable bonds is 5. The molecule has 0 aromatic heterocycles. The van der Waals surface area contributed by atoms with Gasteiger partial charge in [-0.2, -0.15) is 0 Å². The van der Waals surface area contributed by atoms with Crippen LogP contribution in [-0.2, 0) is 11.4 Å². The zero-order valence-electron chi connectivity index (χ0n) is 15.1. The fraction of sp³-hybridized carbons (Fsp3) is 0.0909. The Morgan fingerprint density at radius 2 is 1.89 bits per heavy atom. The van der Waals surface area contributed by atoms with Crippen LogP contribution < -0.4 is 14.8 Å². The van der Waals surface area contributed by atoms with Gasteiger partial charge in [-0.05, 0) is 40.1 Å². The van der Waals surface area contributed by atoms with E-state index in [0.717, 1.165) is 11.1 Å². The molecule has 0 spiro atoms. The third-order valence-electron chi connectivity index (χ3n) is 4.39. The van der Waals surface area contributed by atoms with E-state index in [0.29, 0.717) is 27.3 Å². The molecule has 1 aliphatic heterocycles. The first-order valence-corrected chi connectivity index (χ1v) is 9.89. The van der Waals surface area contributed by atoms with E-state index in [2.05, 4.69) is 29.6 Å². The van der Waals surface area contributed by atoms with Crippen LogP contribution in [0.15, 0.2) is 65.6 Å². The standard InChI is InChI=1S/C22H17NO3S2/c1-25-19-11-14(12-20-21(24)23-22(27)28-20)9-10-18(19)26-13-16-7-4-6-15-5-2-3-8-17(15)16/h2-12H,13H2,1H3,(H,23,24,27)/b20-12+. The van der Waals surface area contributed by atoms with E-state index in [9.17, 15) is 4.79 Å². The molecule has 0 saturated carbocycles. The maximum atomic E-state index is 11.8. The Labute approximate surface area is 172 Å². The monoisotopic (exact) mass is 407 g/mol. The zero-order valence-corrected chi connectivity index (χ0v) is 16.7. The molecule has 0 unspecified atom stereocenters. The number of hydrogen-bond acceptors (Lipinski definition) is 5. The van der Waals surface area contributed by atoms with E-state index in [1.165, 1.54) is 22.5 Å². The second-order valence-electron chi connectivity index (χ2n) is 6.19. The number of carbonyl (C=O) groups excluding carboxylic acids is 1. The van der Waals surface area contributed by atoms with Gasteiger partial charge in [-0.1, -0.05) is 72.5 Å². The lowest BCUT2D eigenvalue weighted by Crippen LogP contribution is -2.17. The SMILES string of the molecule is COc1cc(/C=C2/SC(=S)NC2=O)ccc1OCc1cccc2ccccc12. The molecule has 28 heavy (non-hydrogen) atoms. The third-order valence-corrected chi connectivity index (χ3v) is 5.55. The van der Waals surface area contributed by atoms with E-state index < -0.39 is 0 Å². The topological polar surface area (TPSA) is 47.6 Å². The van der Waals surface area contributed by atoms with Crippen molar-refractivity contribution in [2.75, 3.05) is 7.11 Å². The molecule has 0 atom stereocenters. The maximum Gasteiger partial charge on any atom is 0.263 e. The lowest BCUT2D eigenvalue weighted by molar-refractivity contribution is -0.115. The molecule has 0 bridgehead atoms. The molecule has 3 aromatic rings. The summed E-state index contributed by atoms with van der Waals surface area (Å²) >= 11 is 6.27. The molecule has 0 aliphatic carbocycles. The number of nitrogens with one attached hydrogen (secondary N) is 1. The zero-order chi connectivity index (χ0) is 19.5. The van der Waals surface area contributed by atoms with Gasteiger partial charge >= 0.3 is 0 Å². The minimum absolute atomic E-state index is 0.176. The Kier molecular flexibility index (Phi) is 5.32. The van der Waals surface area contributed by atoms with Crippen molar-refractivity contribution in [2.24, 2.45) is 0 Å². The maximum absolute atomic E-state index is 11.8. The van der Waals surface area contributed by atoms with Crippen LogP contribution in [0.2, 0.25) is 0 Å². The fourth-order valence-corrected chi connectivity index (χ4v) is 4.08. The summed E-state index contributed by atoms with van der Waals surface area (Å²) < 4.78 is 12.0. The van der Waals surface area contributed by atoms with Crippen molar-refractivity contribution >= 4 is 51.1 Å². The lowest BCUT2D eigenvalue weighted by atomic mass is 10.1. The van der Waals surface area contributed by atoms with Crippen molar-refractivity contribution in [3.8, 4) is 11.5 Å². The number of amides is 1. The molecule has 3 aromatic carbocycles. The van der Waals surface area contributed by atoms with Crippen molar-refractivity contribution in [2.45, 2.75) is 6.61 Å². The molecule has 1 heterocycles. The van der Waals surface area contributed by atoms with Crippen LogP contribution in [0.1, 0.15) is 11.1 Å². The molecule has 0 radical (unpaired) electrons. The fourth-order valence-electron chi connectivity index (χ4n) is 3.04. The second-order valence-corrected chi connectivity index (χ2v) is 7.91. The van der Waals surface area contributed by atoms with Gasteiger partial charge in [-0.3, -0.25) is 4.79 Å². The Bertz CT molecular complexity index is 1100.